The summed E-state index contributed by atoms with van der Waals surface area (Å²) in [6.45, 7) is 15.0. The summed E-state index contributed by atoms with van der Waals surface area (Å²) in [6, 6.07) is 6.93. The van der Waals surface area contributed by atoms with Crippen molar-refractivity contribution in [2.45, 2.75) is 85.5 Å². The molecule has 1 N–H and O–H groups in total. The second-order valence-corrected chi connectivity index (χ2v) is 12.5. The van der Waals surface area contributed by atoms with Crippen LogP contribution >= 0.6 is 0 Å². The molecule has 0 saturated heterocycles. The molecule has 10 nitrogen and oxygen atoms in total. The summed E-state index contributed by atoms with van der Waals surface area (Å²) in [7, 11) is -11.0. The lowest BCUT2D eigenvalue weighted by Gasteiger charge is -2.39. The van der Waals surface area contributed by atoms with E-state index in [0.29, 0.717) is 5.56 Å². The fraction of sp³-hybridized carbons (Fsp3) is 0.514. The molecule has 0 heterocycles. The van der Waals surface area contributed by atoms with Crippen molar-refractivity contribution in [1.29, 1.82) is 0 Å². The van der Waals surface area contributed by atoms with Gasteiger partial charge in [0.2, 0.25) is 0 Å². The van der Waals surface area contributed by atoms with E-state index < -0.39 is 59.7 Å². The van der Waals surface area contributed by atoms with Crippen molar-refractivity contribution in [2.75, 3.05) is 40.3 Å². The molecule has 0 fully saturated rings. The number of benzene rings is 2. The zero-order valence-corrected chi connectivity index (χ0v) is 29.4. The molecule has 0 aliphatic carbocycles. The highest BCUT2D eigenvalue weighted by Gasteiger charge is 2.24. The van der Waals surface area contributed by atoms with E-state index >= 15 is 0 Å². The summed E-state index contributed by atoms with van der Waals surface area (Å²) >= 11 is 0. The average Bonchev–Trinajstić information content (AvgIpc) is 3.06. The summed E-state index contributed by atoms with van der Waals surface area (Å²) < 4.78 is 90.1. The third-order valence-electron chi connectivity index (χ3n) is 7.58. The number of hydrogen-bond donors (Lipinski definition) is 1. The highest BCUT2D eigenvalue weighted by molar-refractivity contribution is 7.81. The van der Waals surface area contributed by atoms with Crippen LogP contribution in [0.5, 0.6) is 23.0 Å². The second kappa shape index (κ2) is 22.8. The van der Waals surface area contributed by atoms with E-state index in [-0.39, 0.29) is 11.3 Å². The monoisotopic (exact) mass is 695 g/mol. The Balaban J connectivity index is 0.000000720. The van der Waals surface area contributed by atoms with Crippen LogP contribution in [0, 0.1) is 0 Å². The Bertz CT molecular complexity index is 1600. The molecule has 0 bridgehead atoms. The van der Waals surface area contributed by atoms with Crippen molar-refractivity contribution in [3.05, 3.63) is 59.7 Å². The molecule has 0 atom stereocenters. The molecule has 11 heteroatoms. The molecule has 0 aliphatic heterocycles. The molecule has 0 aliphatic rings. The van der Waals surface area contributed by atoms with Gasteiger partial charge in [-0.05, 0) is 73.2 Å². The number of allylic oxidation sites excluding steroid dienone is 2. The Kier molecular flexibility index (Phi) is 15.6. The Morgan fingerprint density at radius 3 is 1.62 bits per heavy atom. The molecule has 48 heavy (non-hydrogen) atoms. The van der Waals surface area contributed by atoms with Crippen molar-refractivity contribution in [2.24, 2.45) is 0 Å². The van der Waals surface area contributed by atoms with E-state index in [1.807, 2.05) is 0 Å². The van der Waals surface area contributed by atoms with Gasteiger partial charge in [-0.1, -0.05) is 77.7 Å². The predicted molar refractivity (Wildman–Crippen MR) is 190 cm³/mol. The van der Waals surface area contributed by atoms with Gasteiger partial charge >= 0.3 is 0 Å². The molecule has 0 saturated carbocycles. The second-order valence-electron chi connectivity index (χ2n) is 11.6. The number of ether oxygens (including phenoxy) is 2. The number of rotatable bonds is 22. The van der Waals surface area contributed by atoms with E-state index in [1.54, 1.807) is 0 Å². The van der Waals surface area contributed by atoms with Crippen LogP contribution in [0.25, 0.3) is 12.2 Å². The highest BCUT2D eigenvalue weighted by Crippen LogP contribution is 2.30. The standard InChI is InChI=1S/C21H20O9S.C16H36N/c1-28-20-11-14(5-9-18(20)24)3-7-16(22)13-17(23)8-4-15-6-10-19(21(12-15)29-2)30-31(25,26)27;1-5-9-13-17(14-10-6-2,15-11-7-3)16-12-8-4/h3-12,24H,13H2,1-2H3,(H,25,26,27);5-16H2,1-4H3/q;+1/p-1/b7-3+,8-4+;/i1D3,2D3;. The van der Waals surface area contributed by atoms with Crippen LogP contribution in [0.15, 0.2) is 48.6 Å². The number of hydrogen-bond acceptors (Lipinski definition) is 9. The van der Waals surface area contributed by atoms with E-state index in [0.717, 1.165) is 24.3 Å². The minimum Gasteiger partial charge on any atom is -0.716 e. The van der Waals surface area contributed by atoms with Crippen LogP contribution in [0.4, 0.5) is 0 Å². The largest absolute Gasteiger partial charge is 0.716 e. The number of unbranched alkanes of at least 4 members (excludes halogenated alkanes) is 4. The molecule has 2 aromatic rings. The average molecular weight is 696 g/mol. The fourth-order valence-corrected chi connectivity index (χ4v) is 5.27. The zero-order valence-electron chi connectivity index (χ0n) is 34.5. The molecule has 0 aromatic heterocycles. The predicted octanol–water partition coefficient (Wildman–Crippen LogP) is 7.51. The molecule has 0 spiro atoms. The van der Waals surface area contributed by atoms with Crippen LogP contribution < -0.4 is 13.7 Å². The van der Waals surface area contributed by atoms with Gasteiger partial charge in [0.05, 0.1) is 54.9 Å². The maximum Gasteiger partial charge on any atom is 0.262 e. The molecule has 2 rings (SSSR count). The third kappa shape index (κ3) is 16.9. The van der Waals surface area contributed by atoms with Crippen LogP contribution in [0.2, 0.25) is 0 Å². The summed E-state index contributed by atoms with van der Waals surface area (Å²) in [6.07, 6.45) is 15.1. The lowest BCUT2D eigenvalue weighted by molar-refractivity contribution is -0.929. The Morgan fingerprint density at radius 1 is 0.750 bits per heavy atom. The number of phenolic OH excluding ortho intramolecular Hbond substituents is 1. The van der Waals surface area contributed by atoms with Crippen LogP contribution in [-0.4, -0.2) is 74.4 Å². The molecular weight excluding hydrogens is 634 g/mol. The minimum absolute atomic E-state index is 0.164. The maximum atomic E-state index is 12.1. The summed E-state index contributed by atoms with van der Waals surface area (Å²) in [5.74, 6) is -3.26. The van der Waals surface area contributed by atoms with Crippen molar-refractivity contribution in [3.8, 4) is 23.0 Å². The van der Waals surface area contributed by atoms with E-state index in [9.17, 15) is 27.7 Å². The van der Waals surface area contributed by atoms with Crippen molar-refractivity contribution < 1.29 is 54.0 Å². The van der Waals surface area contributed by atoms with Crippen LogP contribution in [-0.2, 0) is 20.0 Å². The van der Waals surface area contributed by atoms with Gasteiger partial charge in [-0.15, -0.1) is 0 Å². The summed E-state index contributed by atoms with van der Waals surface area (Å²) in [5, 5.41) is 9.68. The smallest absolute Gasteiger partial charge is 0.262 e. The highest BCUT2D eigenvalue weighted by atomic mass is 32.3. The third-order valence-corrected chi connectivity index (χ3v) is 7.96. The molecule has 268 valence electrons. The van der Waals surface area contributed by atoms with Gasteiger partial charge < -0.3 is 27.8 Å². The Hall–Kier alpha value is -3.67. The van der Waals surface area contributed by atoms with E-state index in [2.05, 4.69) is 41.4 Å². The van der Waals surface area contributed by atoms with Crippen LogP contribution in [0.3, 0.4) is 0 Å². The SMILES string of the molecule is CCCC[N+](CCCC)(CCCC)CCCC.[2H]C([2H])([2H])Oc1cc(/C=C/C(=O)CC(=O)/C=C/c2ccc(OS(=O)(=O)[O-])c(OC([2H])([2H])[2H])c2)ccc1O. The van der Waals surface area contributed by atoms with Gasteiger partial charge in [-0.3, -0.25) is 9.59 Å². The van der Waals surface area contributed by atoms with Gasteiger partial charge in [-0.2, -0.15) is 0 Å². The van der Waals surface area contributed by atoms with Gasteiger partial charge in [-0.25, -0.2) is 8.42 Å². The lowest BCUT2D eigenvalue weighted by atomic mass is 10.1. The van der Waals surface area contributed by atoms with Crippen LogP contribution in [0.1, 0.15) is 105 Å². The van der Waals surface area contributed by atoms with Gasteiger partial charge in [0, 0.05) is 0 Å². The number of ketones is 2. The van der Waals surface area contributed by atoms with Crippen molar-refractivity contribution in [3.63, 3.8) is 0 Å². The molecule has 2 aromatic carbocycles. The number of quaternary nitrogens is 1. The topological polar surface area (TPSA) is 139 Å². The van der Waals surface area contributed by atoms with Gasteiger partial charge in [0.1, 0.15) is 0 Å². The number of methoxy groups -OCH3 is 2. The van der Waals surface area contributed by atoms with Crippen molar-refractivity contribution >= 4 is 34.1 Å². The van der Waals surface area contributed by atoms with Gasteiger partial charge in [0.15, 0.2) is 34.6 Å². The Labute approximate surface area is 296 Å². The first-order valence-corrected chi connectivity index (χ1v) is 17.8. The quantitative estimate of drug-likeness (QED) is 0.0436. The maximum absolute atomic E-state index is 12.1. The number of aromatic hydroxyl groups is 1. The first-order valence-electron chi connectivity index (χ1n) is 19.4. The minimum atomic E-state index is -5.22. The zero-order chi connectivity index (χ0) is 41.0. The lowest BCUT2D eigenvalue weighted by Crippen LogP contribution is -2.50. The first-order chi connectivity index (χ1) is 25.1. The number of carbonyl (C=O) groups is 2. The summed E-state index contributed by atoms with van der Waals surface area (Å²) in [4.78, 5) is 24.2. The first kappa shape index (κ1) is 32.9. The van der Waals surface area contributed by atoms with E-state index in [1.165, 1.54) is 118 Å². The number of phenols is 1. The summed E-state index contributed by atoms with van der Waals surface area (Å²) in [5.41, 5.74) is 0.481. The number of nitrogens with zero attached hydrogens (tertiary/aromatic N) is 1. The van der Waals surface area contributed by atoms with E-state index in [4.69, 9.17) is 8.22 Å². The van der Waals surface area contributed by atoms with Crippen molar-refractivity contribution in [1.82, 2.24) is 0 Å². The molecule has 0 radical (unpaired) electrons. The molecule has 0 unspecified atom stereocenters. The number of carbonyl (C=O) groups excluding carboxylic acids is 2. The fourth-order valence-electron chi connectivity index (χ4n) is 4.92. The Morgan fingerprint density at radius 2 is 1.19 bits per heavy atom. The van der Waals surface area contributed by atoms with Gasteiger partial charge in [0.25, 0.3) is 10.4 Å². The molecular formula is C37H55NO9S. The molecule has 0 amide bonds. The normalized spacial score (nSPS) is 14.1.